The maximum Gasteiger partial charge on any atom is 1.00 e. The Morgan fingerprint density at radius 2 is 0.722 bits per heavy atom. The summed E-state index contributed by atoms with van der Waals surface area (Å²) in [5, 5.41) is 53.6. The number of carboxylic acids is 4. The average molecular weight is 254 g/mol. The first-order valence-corrected chi connectivity index (χ1v) is 2.94. The molecule has 0 unspecified atom stereocenters. The fourth-order valence-electron chi connectivity index (χ4n) is 0. The minimum absolute atomic E-state index is 0. The Balaban J connectivity index is -0.0000000454. The van der Waals surface area contributed by atoms with Gasteiger partial charge in [0.1, 0.15) is 0 Å². The predicted octanol–water partition coefficient (Wildman–Crippen LogP) is -11.0. The SMILES string of the molecule is O=C(O)C(=O)O.O=C(O)C(=O)O.[Li+].[Li+].[O-]B([O-])O. The van der Waals surface area contributed by atoms with Crippen molar-refractivity contribution >= 4 is 31.2 Å². The first kappa shape index (κ1) is 30.2. The molecule has 0 atom stereocenters. The standard InChI is InChI=1S/2C2H2O4.BHO3.2Li/c2*3-1(4)2(5)6;2-1(3)4;;/h2*(H,3,4)(H,5,6);2H;;/q;;-2;2*+1. The van der Waals surface area contributed by atoms with Crippen LogP contribution in [0.3, 0.4) is 0 Å². The molecule has 14 heteroatoms. The second kappa shape index (κ2) is 18.4. The van der Waals surface area contributed by atoms with Gasteiger partial charge in [-0.3, -0.25) is 0 Å². The quantitative estimate of drug-likeness (QED) is 0.202. The van der Waals surface area contributed by atoms with Crippen molar-refractivity contribution in [3.8, 4) is 0 Å². The van der Waals surface area contributed by atoms with Crippen LogP contribution >= 0.6 is 0 Å². The largest absolute Gasteiger partial charge is 1.00 e. The summed E-state index contributed by atoms with van der Waals surface area (Å²) in [5.74, 6) is -7.30. The number of carbonyl (C=O) groups is 4. The van der Waals surface area contributed by atoms with Crippen molar-refractivity contribution in [1.82, 2.24) is 0 Å². The molecule has 0 rings (SSSR count). The van der Waals surface area contributed by atoms with Crippen molar-refractivity contribution < 1.29 is 92.4 Å². The minimum Gasteiger partial charge on any atom is -0.871 e. The zero-order chi connectivity index (χ0) is 13.9. The number of hydrogen-bond donors (Lipinski definition) is 5. The topological polar surface area (TPSA) is 216 Å². The van der Waals surface area contributed by atoms with Crippen LogP contribution in [0.5, 0.6) is 0 Å². The molecule has 0 aromatic heterocycles. The van der Waals surface area contributed by atoms with Crippen LogP contribution in [0, 0.1) is 0 Å². The van der Waals surface area contributed by atoms with Gasteiger partial charge in [-0.15, -0.1) is 0 Å². The van der Waals surface area contributed by atoms with E-state index in [-0.39, 0.29) is 37.7 Å². The Kier molecular flexibility index (Phi) is 30.9. The zero-order valence-corrected chi connectivity index (χ0v) is 9.26. The van der Waals surface area contributed by atoms with Crippen molar-refractivity contribution in [3.05, 3.63) is 0 Å². The van der Waals surface area contributed by atoms with Crippen LogP contribution in [0.2, 0.25) is 0 Å². The Morgan fingerprint density at radius 3 is 0.722 bits per heavy atom. The van der Waals surface area contributed by atoms with Crippen LogP contribution in [-0.4, -0.2) is 56.6 Å². The van der Waals surface area contributed by atoms with Gasteiger partial charge in [-0.25, -0.2) is 19.2 Å². The fourth-order valence-corrected chi connectivity index (χ4v) is 0. The van der Waals surface area contributed by atoms with E-state index in [1.54, 1.807) is 0 Å². The molecule has 0 aromatic carbocycles. The summed E-state index contributed by atoms with van der Waals surface area (Å²) in [5.41, 5.74) is 0. The van der Waals surface area contributed by atoms with E-state index in [4.69, 9.17) is 54.7 Å². The van der Waals surface area contributed by atoms with Crippen molar-refractivity contribution in [3.63, 3.8) is 0 Å². The van der Waals surface area contributed by atoms with Gasteiger partial charge in [0.05, 0.1) is 7.32 Å². The average Bonchev–Trinajstić information content (AvgIpc) is 2.03. The molecule has 0 bridgehead atoms. The van der Waals surface area contributed by atoms with Gasteiger partial charge in [-0.2, -0.15) is 0 Å². The van der Waals surface area contributed by atoms with Gasteiger partial charge in [-0.05, 0) is 0 Å². The van der Waals surface area contributed by atoms with Gasteiger partial charge in [0, 0.05) is 0 Å². The molecule has 0 saturated heterocycles. The first-order chi connectivity index (χ1) is 7.02. The Morgan fingerprint density at radius 1 is 0.667 bits per heavy atom. The molecule has 0 fully saturated rings. The molecule has 92 valence electrons. The molecule has 0 aliphatic carbocycles. The molecule has 0 saturated carbocycles. The molecule has 18 heavy (non-hydrogen) atoms. The van der Waals surface area contributed by atoms with E-state index >= 15 is 0 Å². The third-order valence-corrected chi connectivity index (χ3v) is 0.366. The summed E-state index contributed by atoms with van der Waals surface area (Å²) in [6.07, 6.45) is 0. The Bertz CT molecular complexity index is 215. The third kappa shape index (κ3) is 59.9. The van der Waals surface area contributed by atoms with Crippen molar-refractivity contribution in [2.45, 2.75) is 0 Å². The molecule has 0 spiro atoms. The number of carboxylic acid groups (broad SMARTS) is 4. The van der Waals surface area contributed by atoms with Crippen LogP contribution in [0.25, 0.3) is 0 Å². The molecule has 0 heterocycles. The van der Waals surface area contributed by atoms with E-state index in [1.165, 1.54) is 0 Å². The second-order valence-corrected chi connectivity index (χ2v) is 1.53. The molecule has 0 radical (unpaired) electrons. The molecule has 11 nitrogen and oxygen atoms in total. The van der Waals surface area contributed by atoms with E-state index in [9.17, 15) is 0 Å². The van der Waals surface area contributed by atoms with Gasteiger partial charge < -0.3 is 35.5 Å². The first-order valence-electron chi connectivity index (χ1n) is 2.94. The van der Waals surface area contributed by atoms with Gasteiger partial charge in [0.15, 0.2) is 0 Å². The van der Waals surface area contributed by atoms with E-state index in [0.29, 0.717) is 0 Å². The maximum atomic E-state index is 9.10. The normalized spacial score (nSPS) is 6.39. The van der Waals surface area contributed by atoms with Crippen LogP contribution in [0.4, 0.5) is 0 Å². The minimum atomic E-state index is -2.67. The van der Waals surface area contributed by atoms with Crippen LogP contribution in [-0.2, 0) is 19.2 Å². The predicted molar refractivity (Wildman–Crippen MR) is 38.5 cm³/mol. The van der Waals surface area contributed by atoms with Gasteiger partial charge in [0.2, 0.25) is 0 Å². The Hall–Kier alpha value is -0.980. The van der Waals surface area contributed by atoms with Gasteiger partial charge >= 0.3 is 61.6 Å². The molecule has 0 aliphatic heterocycles. The fraction of sp³-hybridized carbons (Fsp3) is 0. The smallest absolute Gasteiger partial charge is 0.871 e. The van der Waals surface area contributed by atoms with E-state index in [2.05, 4.69) is 0 Å². The summed E-state index contributed by atoms with van der Waals surface area (Å²) in [4.78, 5) is 36.4. The molecular formula is C4H5BLi2O11. The van der Waals surface area contributed by atoms with E-state index in [0.717, 1.165) is 0 Å². The molecule has 0 amide bonds. The summed E-state index contributed by atoms with van der Waals surface area (Å²) >= 11 is 0. The van der Waals surface area contributed by atoms with E-state index in [1.807, 2.05) is 0 Å². The van der Waals surface area contributed by atoms with E-state index < -0.39 is 31.2 Å². The summed E-state index contributed by atoms with van der Waals surface area (Å²) < 4.78 is 0. The number of hydrogen-bond acceptors (Lipinski definition) is 7. The maximum absolute atomic E-state index is 9.10. The third-order valence-electron chi connectivity index (χ3n) is 0.366. The molecule has 0 aliphatic rings. The summed E-state index contributed by atoms with van der Waals surface area (Å²) in [6, 6.07) is 0. The zero-order valence-electron chi connectivity index (χ0n) is 9.26. The van der Waals surface area contributed by atoms with Crippen molar-refractivity contribution in [1.29, 1.82) is 0 Å². The van der Waals surface area contributed by atoms with Crippen LogP contribution in [0.15, 0.2) is 0 Å². The van der Waals surface area contributed by atoms with Gasteiger partial charge in [0.25, 0.3) is 0 Å². The van der Waals surface area contributed by atoms with Gasteiger partial charge in [-0.1, -0.05) is 0 Å². The molecule has 0 aromatic rings. The summed E-state index contributed by atoms with van der Waals surface area (Å²) in [7, 11) is -2.67. The Labute approximate surface area is 124 Å². The number of rotatable bonds is 0. The summed E-state index contributed by atoms with van der Waals surface area (Å²) in [6.45, 7) is 0. The molecule has 5 N–H and O–H groups in total. The van der Waals surface area contributed by atoms with Crippen molar-refractivity contribution in [2.75, 3.05) is 0 Å². The number of aliphatic carboxylic acids is 4. The van der Waals surface area contributed by atoms with Crippen LogP contribution in [0.1, 0.15) is 0 Å². The van der Waals surface area contributed by atoms with Crippen LogP contribution < -0.4 is 47.8 Å². The second-order valence-electron chi connectivity index (χ2n) is 1.53. The van der Waals surface area contributed by atoms with Crippen molar-refractivity contribution in [2.24, 2.45) is 0 Å². The monoisotopic (exact) mass is 254 g/mol. The molecular weight excluding hydrogens is 249 g/mol.